The van der Waals surface area contributed by atoms with E-state index in [9.17, 15) is 14.0 Å². The highest BCUT2D eigenvalue weighted by Gasteiger charge is 2.14. The Balaban J connectivity index is 2.15. The van der Waals surface area contributed by atoms with Crippen LogP contribution in [0, 0.1) is 5.82 Å². The number of nitrogens with zero attached hydrogens (tertiary/aromatic N) is 4. The second-order valence-corrected chi connectivity index (χ2v) is 4.81. The fourth-order valence-electron chi connectivity index (χ4n) is 1.60. The first-order valence-electron chi connectivity index (χ1n) is 6.68. The van der Waals surface area contributed by atoms with Crippen molar-refractivity contribution in [2.24, 2.45) is 4.99 Å². The summed E-state index contributed by atoms with van der Waals surface area (Å²) in [4.78, 5) is 32.3. The van der Waals surface area contributed by atoms with Crippen molar-refractivity contribution >= 4 is 18.2 Å². The quantitative estimate of drug-likeness (QED) is 0.634. The molecule has 8 heteroatoms. The zero-order chi connectivity index (χ0) is 16.8. The van der Waals surface area contributed by atoms with Gasteiger partial charge in [-0.05, 0) is 5.56 Å². The van der Waals surface area contributed by atoms with Crippen LogP contribution in [0.1, 0.15) is 5.56 Å². The zero-order valence-corrected chi connectivity index (χ0v) is 12.6. The highest BCUT2D eigenvalue weighted by molar-refractivity contribution is 5.70. The number of carbonyl (C=O) groups is 1. The summed E-state index contributed by atoms with van der Waals surface area (Å²) < 4.78 is 19.3. The number of carbonyl (C=O) groups excluding carboxylic acids is 1. The third-order valence-corrected chi connectivity index (χ3v) is 2.68. The van der Waals surface area contributed by atoms with E-state index in [1.54, 1.807) is 43.3 Å². The predicted octanol–water partition coefficient (Wildman–Crippen LogP) is 1.79. The molecule has 0 amide bonds. The average molecular weight is 318 g/mol. The van der Waals surface area contributed by atoms with Gasteiger partial charge in [0.1, 0.15) is 6.61 Å². The van der Waals surface area contributed by atoms with Gasteiger partial charge in [0.2, 0.25) is 0 Å². The summed E-state index contributed by atoms with van der Waals surface area (Å²) in [5, 5.41) is 0. The Kier molecular flexibility index (Phi) is 5.19. The first kappa shape index (κ1) is 16.3. The monoisotopic (exact) mass is 318 g/mol. The summed E-state index contributed by atoms with van der Waals surface area (Å²) in [5.41, 5.74) is -0.218. The molecule has 1 heterocycles. The van der Waals surface area contributed by atoms with E-state index < -0.39 is 23.4 Å². The van der Waals surface area contributed by atoms with Gasteiger partial charge in [0.05, 0.1) is 12.5 Å². The maximum absolute atomic E-state index is 13.8. The SMILES string of the molecule is CN(C)/C=N/c1nc(=O)n(C(=O)OCc2ccccc2)cc1F. The minimum Gasteiger partial charge on any atom is -0.444 e. The van der Waals surface area contributed by atoms with Crippen LogP contribution in [0.15, 0.2) is 46.3 Å². The molecule has 0 N–H and O–H groups in total. The van der Waals surface area contributed by atoms with Gasteiger partial charge in [0, 0.05) is 14.1 Å². The molecule has 0 bridgehead atoms. The van der Waals surface area contributed by atoms with Crippen molar-refractivity contribution in [2.45, 2.75) is 6.61 Å². The molecule has 0 spiro atoms. The molecule has 2 rings (SSSR count). The second kappa shape index (κ2) is 7.30. The molecule has 0 radical (unpaired) electrons. The molecule has 120 valence electrons. The molecule has 0 saturated carbocycles. The molecule has 1 aromatic heterocycles. The first-order valence-corrected chi connectivity index (χ1v) is 6.68. The first-order chi connectivity index (χ1) is 11.0. The lowest BCUT2D eigenvalue weighted by Gasteiger charge is -2.07. The van der Waals surface area contributed by atoms with Crippen LogP contribution in [0.4, 0.5) is 15.0 Å². The summed E-state index contributed by atoms with van der Waals surface area (Å²) in [7, 11) is 3.37. The summed E-state index contributed by atoms with van der Waals surface area (Å²) in [5.74, 6) is -1.30. The van der Waals surface area contributed by atoms with E-state index >= 15 is 0 Å². The molecule has 0 aliphatic rings. The van der Waals surface area contributed by atoms with Crippen LogP contribution in [0.25, 0.3) is 0 Å². The van der Waals surface area contributed by atoms with Gasteiger partial charge < -0.3 is 9.64 Å². The van der Waals surface area contributed by atoms with Gasteiger partial charge in [-0.1, -0.05) is 30.3 Å². The maximum Gasteiger partial charge on any atom is 0.422 e. The van der Waals surface area contributed by atoms with Gasteiger partial charge in [-0.2, -0.15) is 9.55 Å². The number of hydrogen-bond acceptors (Lipinski definition) is 5. The molecule has 23 heavy (non-hydrogen) atoms. The summed E-state index contributed by atoms with van der Waals surface area (Å²) in [6, 6.07) is 8.91. The Labute approximate surface area is 131 Å². The number of benzene rings is 1. The van der Waals surface area contributed by atoms with Crippen LogP contribution >= 0.6 is 0 Å². The number of aliphatic imine (C=N–C) groups is 1. The average Bonchev–Trinajstić information content (AvgIpc) is 2.54. The number of rotatable bonds is 4. The third-order valence-electron chi connectivity index (χ3n) is 2.68. The molecule has 0 saturated heterocycles. The predicted molar refractivity (Wildman–Crippen MR) is 82.3 cm³/mol. The van der Waals surface area contributed by atoms with Gasteiger partial charge in [0.15, 0.2) is 11.6 Å². The Hall–Kier alpha value is -3.03. The largest absolute Gasteiger partial charge is 0.444 e. The molecule has 0 fully saturated rings. The molecule has 2 aromatic rings. The second-order valence-electron chi connectivity index (χ2n) is 4.81. The number of halogens is 1. The van der Waals surface area contributed by atoms with Crippen molar-refractivity contribution in [1.29, 1.82) is 0 Å². The van der Waals surface area contributed by atoms with E-state index in [1.165, 1.54) is 6.34 Å². The van der Waals surface area contributed by atoms with E-state index in [2.05, 4.69) is 9.98 Å². The van der Waals surface area contributed by atoms with Crippen molar-refractivity contribution in [3.8, 4) is 0 Å². The van der Waals surface area contributed by atoms with E-state index in [0.717, 1.165) is 5.56 Å². The van der Waals surface area contributed by atoms with Gasteiger partial charge in [0.25, 0.3) is 0 Å². The van der Waals surface area contributed by atoms with E-state index in [1.807, 2.05) is 6.07 Å². The maximum atomic E-state index is 13.8. The van der Waals surface area contributed by atoms with Gasteiger partial charge in [-0.15, -0.1) is 0 Å². The lowest BCUT2D eigenvalue weighted by Crippen LogP contribution is -2.30. The summed E-state index contributed by atoms with van der Waals surface area (Å²) >= 11 is 0. The standard InChI is InChI=1S/C15H15FN4O3/c1-19(2)10-17-13-12(16)8-20(14(21)18-13)15(22)23-9-11-6-4-3-5-7-11/h3-8,10H,9H2,1-2H3/b17-10+. The van der Waals surface area contributed by atoms with E-state index in [4.69, 9.17) is 4.74 Å². The Morgan fingerprint density at radius 2 is 2.09 bits per heavy atom. The minimum absolute atomic E-state index is 0.0335. The molecule has 0 aliphatic heterocycles. The zero-order valence-electron chi connectivity index (χ0n) is 12.6. The fraction of sp³-hybridized carbons (Fsp3) is 0.200. The topological polar surface area (TPSA) is 76.8 Å². The Morgan fingerprint density at radius 3 is 2.74 bits per heavy atom. The number of ether oxygens (including phenoxy) is 1. The van der Waals surface area contributed by atoms with Crippen LogP contribution < -0.4 is 5.69 Å². The molecule has 0 atom stereocenters. The van der Waals surface area contributed by atoms with Crippen molar-refractivity contribution in [3.63, 3.8) is 0 Å². The van der Waals surface area contributed by atoms with Crippen LogP contribution in [-0.4, -0.2) is 41.0 Å². The highest BCUT2D eigenvalue weighted by atomic mass is 19.1. The van der Waals surface area contributed by atoms with Crippen molar-refractivity contribution in [2.75, 3.05) is 14.1 Å². The molecule has 0 unspecified atom stereocenters. The van der Waals surface area contributed by atoms with Crippen molar-refractivity contribution < 1.29 is 13.9 Å². The molecule has 7 nitrogen and oxygen atoms in total. The molecule has 1 aromatic carbocycles. The number of hydrogen-bond donors (Lipinski definition) is 0. The summed E-state index contributed by atoms with van der Waals surface area (Å²) in [6.07, 6.45) is 1.00. The minimum atomic E-state index is -1.01. The normalized spacial score (nSPS) is 10.7. The lowest BCUT2D eigenvalue weighted by molar-refractivity contribution is 0.139. The Bertz CT molecular complexity index is 772. The van der Waals surface area contributed by atoms with Gasteiger partial charge in [-0.3, -0.25) is 0 Å². The highest BCUT2D eigenvalue weighted by Crippen LogP contribution is 2.10. The van der Waals surface area contributed by atoms with Gasteiger partial charge in [-0.25, -0.2) is 19.0 Å². The molecular formula is C15H15FN4O3. The van der Waals surface area contributed by atoms with Crippen LogP contribution in [0.3, 0.4) is 0 Å². The van der Waals surface area contributed by atoms with Crippen LogP contribution in [0.5, 0.6) is 0 Å². The lowest BCUT2D eigenvalue weighted by atomic mass is 10.2. The fourth-order valence-corrected chi connectivity index (χ4v) is 1.60. The number of aromatic nitrogens is 2. The van der Waals surface area contributed by atoms with Gasteiger partial charge >= 0.3 is 11.8 Å². The Morgan fingerprint density at radius 1 is 1.39 bits per heavy atom. The third kappa shape index (κ3) is 4.47. The smallest absolute Gasteiger partial charge is 0.422 e. The van der Waals surface area contributed by atoms with Crippen LogP contribution in [-0.2, 0) is 11.3 Å². The van der Waals surface area contributed by atoms with E-state index in [0.29, 0.717) is 10.8 Å². The van der Waals surface area contributed by atoms with Crippen molar-refractivity contribution in [1.82, 2.24) is 14.5 Å². The molecular weight excluding hydrogens is 303 g/mol. The van der Waals surface area contributed by atoms with Crippen molar-refractivity contribution in [3.05, 3.63) is 58.4 Å². The van der Waals surface area contributed by atoms with E-state index in [-0.39, 0.29) is 6.61 Å². The molecule has 0 aliphatic carbocycles. The summed E-state index contributed by atoms with van der Waals surface area (Å²) in [6.45, 7) is -0.0335. The van der Waals surface area contributed by atoms with Crippen LogP contribution in [0.2, 0.25) is 0 Å².